The van der Waals surface area contributed by atoms with E-state index in [1.165, 1.54) is 15.6 Å². The second-order valence-electron chi connectivity index (χ2n) is 4.20. The van der Waals surface area contributed by atoms with Gasteiger partial charge in [-0.05, 0) is 41.7 Å². The number of hydrogen-bond acceptors (Lipinski definition) is 0. The molecule has 2 aromatic rings. The minimum atomic E-state index is 0.488. The molecule has 2 aromatic carbocycles. The van der Waals surface area contributed by atoms with Gasteiger partial charge in [-0.15, -0.1) is 0 Å². The van der Waals surface area contributed by atoms with Crippen molar-refractivity contribution < 1.29 is 0 Å². The lowest BCUT2D eigenvalue weighted by molar-refractivity contribution is 0.771. The molecule has 0 saturated carbocycles. The molecule has 0 aliphatic rings. The first-order valence-corrected chi connectivity index (χ1v) is 8.46. The van der Waals surface area contributed by atoms with Crippen molar-refractivity contribution in [3.05, 3.63) is 68.6 Å². The Morgan fingerprint density at radius 1 is 0.889 bits per heavy atom. The Morgan fingerprint density at radius 2 is 1.56 bits per heavy atom. The molecule has 18 heavy (non-hydrogen) atoms. The minimum Gasteiger partial charge on any atom is -0.0921 e. The molecule has 0 saturated heterocycles. The largest absolute Gasteiger partial charge is 0.0921 e. The molecular formula is C15H13Br3. The van der Waals surface area contributed by atoms with Crippen LogP contribution in [0.15, 0.2) is 57.5 Å². The Labute approximate surface area is 133 Å². The van der Waals surface area contributed by atoms with E-state index in [9.17, 15) is 0 Å². The van der Waals surface area contributed by atoms with Crippen LogP contribution in [0.4, 0.5) is 0 Å². The van der Waals surface area contributed by atoms with Gasteiger partial charge in [0, 0.05) is 14.3 Å². The summed E-state index contributed by atoms with van der Waals surface area (Å²) < 4.78 is 2.31. The van der Waals surface area contributed by atoms with Crippen molar-refractivity contribution in [3.63, 3.8) is 0 Å². The maximum Gasteiger partial charge on any atom is 0.0210 e. The van der Waals surface area contributed by atoms with Gasteiger partial charge in [-0.2, -0.15) is 0 Å². The summed E-state index contributed by atoms with van der Waals surface area (Å²) in [7, 11) is 0. The molecule has 2 rings (SSSR count). The predicted molar refractivity (Wildman–Crippen MR) is 88.5 cm³/mol. The lowest BCUT2D eigenvalue weighted by atomic mass is 9.94. The quantitative estimate of drug-likeness (QED) is 0.525. The molecule has 94 valence electrons. The van der Waals surface area contributed by atoms with Gasteiger partial charge in [-0.1, -0.05) is 78.1 Å². The van der Waals surface area contributed by atoms with Gasteiger partial charge in [0.2, 0.25) is 0 Å². The van der Waals surface area contributed by atoms with Crippen molar-refractivity contribution in [1.29, 1.82) is 0 Å². The van der Waals surface area contributed by atoms with E-state index in [1.54, 1.807) is 0 Å². The molecule has 0 spiro atoms. The highest BCUT2D eigenvalue weighted by Crippen LogP contribution is 2.29. The summed E-state index contributed by atoms with van der Waals surface area (Å²) in [5, 5.41) is 0.964. The molecule has 0 bridgehead atoms. The number of rotatable bonds is 4. The Kier molecular flexibility index (Phi) is 5.46. The average molecular weight is 433 g/mol. The molecule has 0 amide bonds. The Bertz CT molecular complexity index is 505. The Balaban J connectivity index is 2.20. The fourth-order valence-corrected chi connectivity index (χ4v) is 3.41. The molecule has 1 unspecified atom stereocenters. The van der Waals surface area contributed by atoms with Crippen LogP contribution in [0.3, 0.4) is 0 Å². The van der Waals surface area contributed by atoms with Gasteiger partial charge in [0.25, 0.3) is 0 Å². The third-order valence-electron chi connectivity index (χ3n) is 2.93. The van der Waals surface area contributed by atoms with Crippen LogP contribution in [0.5, 0.6) is 0 Å². The molecule has 0 radical (unpaired) electrons. The molecular weight excluding hydrogens is 420 g/mol. The third kappa shape index (κ3) is 3.69. The van der Waals surface area contributed by atoms with E-state index >= 15 is 0 Å². The maximum absolute atomic E-state index is 3.63. The molecule has 0 N–H and O–H groups in total. The summed E-state index contributed by atoms with van der Waals surface area (Å²) in [5.41, 5.74) is 2.72. The summed E-state index contributed by atoms with van der Waals surface area (Å²) in [4.78, 5) is 0. The normalized spacial score (nSPS) is 12.4. The van der Waals surface area contributed by atoms with E-state index in [4.69, 9.17) is 0 Å². The number of hydrogen-bond donors (Lipinski definition) is 0. The van der Waals surface area contributed by atoms with Crippen molar-refractivity contribution in [2.45, 2.75) is 12.3 Å². The van der Waals surface area contributed by atoms with Gasteiger partial charge in [-0.25, -0.2) is 0 Å². The van der Waals surface area contributed by atoms with Gasteiger partial charge >= 0.3 is 0 Å². The van der Waals surface area contributed by atoms with Gasteiger partial charge in [0.05, 0.1) is 0 Å². The number of alkyl halides is 1. The van der Waals surface area contributed by atoms with Crippen LogP contribution < -0.4 is 0 Å². The smallest absolute Gasteiger partial charge is 0.0210 e. The fraction of sp³-hybridized carbons (Fsp3) is 0.200. The summed E-state index contributed by atoms with van der Waals surface area (Å²) >= 11 is 10.7. The van der Waals surface area contributed by atoms with Gasteiger partial charge in [0.15, 0.2) is 0 Å². The topological polar surface area (TPSA) is 0 Å². The summed E-state index contributed by atoms with van der Waals surface area (Å²) in [5.74, 6) is 0.488. The molecule has 3 heteroatoms. The second kappa shape index (κ2) is 6.88. The highest BCUT2D eigenvalue weighted by molar-refractivity contribution is 9.11. The standard InChI is InChI=1S/C15H13Br3/c16-10-12(14-3-1-2-4-15(14)18)9-11-5-7-13(17)8-6-11/h1-8,12H,9-10H2. The third-order valence-corrected chi connectivity index (χ3v) is 4.96. The maximum atomic E-state index is 3.63. The van der Waals surface area contributed by atoms with Crippen molar-refractivity contribution >= 4 is 47.8 Å². The van der Waals surface area contributed by atoms with Crippen molar-refractivity contribution in [1.82, 2.24) is 0 Å². The van der Waals surface area contributed by atoms with E-state index in [1.807, 2.05) is 0 Å². The lowest BCUT2D eigenvalue weighted by Crippen LogP contribution is -2.05. The molecule has 0 fully saturated rings. The first-order valence-electron chi connectivity index (χ1n) is 5.75. The summed E-state index contributed by atoms with van der Waals surface area (Å²) in [6.45, 7) is 0. The minimum absolute atomic E-state index is 0.488. The van der Waals surface area contributed by atoms with Crippen molar-refractivity contribution in [2.24, 2.45) is 0 Å². The van der Waals surface area contributed by atoms with Crippen LogP contribution in [0.2, 0.25) is 0 Å². The molecule has 0 aliphatic carbocycles. The van der Waals surface area contributed by atoms with E-state index < -0.39 is 0 Å². The van der Waals surface area contributed by atoms with E-state index in [0.29, 0.717) is 5.92 Å². The monoisotopic (exact) mass is 430 g/mol. The van der Waals surface area contributed by atoms with E-state index in [2.05, 4.69) is 96.3 Å². The highest BCUT2D eigenvalue weighted by Gasteiger charge is 2.13. The zero-order valence-electron chi connectivity index (χ0n) is 9.74. The molecule has 0 heterocycles. The molecule has 0 nitrogen and oxygen atoms in total. The van der Waals surface area contributed by atoms with Gasteiger partial charge < -0.3 is 0 Å². The SMILES string of the molecule is BrCC(Cc1ccc(Br)cc1)c1ccccc1Br. The first kappa shape index (κ1) is 14.3. The lowest BCUT2D eigenvalue weighted by Gasteiger charge is -2.16. The summed E-state index contributed by atoms with van der Waals surface area (Å²) in [6, 6.07) is 17.0. The zero-order valence-corrected chi connectivity index (χ0v) is 14.5. The summed E-state index contributed by atoms with van der Waals surface area (Å²) in [6.07, 6.45) is 1.04. The predicted octanol–water partition coefficient (Wildman–Crippen LogP) is 5.93. The Morgan fingerprint density at radius 3 is 2.17 bits per heavy atom. The van der Waals surface area contributed by atoms with E-state index in [-0.39, 0.29) is 0 Å². The second-order valence-corrected chi connectivity index (χ2v) is 6.62. The van der Waals surface area contributed by atoms with Crippen molar-refractivity contribution in [2.75, 3.05) is 5.33 Å². The van der Waals surface area contributed by atoms with Crippen LogP contribution in [0.25, 0.3) is 0 Å². The van der Waals surface area contributed by atoms with Crippen LogP contribution in [-0.4, -0.2) is 5.33 Å². The Hall–Kier alpha value is -0.120. The van der Waals surface area contributed by atoms with Gasteiger partial charge in [0.1, 0.15) is 0 Å². The fourth-order valence-electron chi connectivity index (χ4n) is 1.96. The van der Waals surface area contributed by atoms with Crippen molar-refractivity contribution in [3.8, 4) is 0 Å². The first-order chi connectivity index (χ1) is 8.70. The molecule has 1 atom stereocenters. The number of halogens is 3. The molecule has 0 aliphatic heterocycles. The van der Waals surface area contributed by atoms with Crippen LogP contribution >= 0.6 is 47.8 Å². The van der Waals surface area contributed by atoms with Crippen LogP contribution in [0.1, 0.15) is 17.0 Å². The van der Waals surface area contributed by atoms with E-state index in [0.717, 1.165) is 16.2 Å². The average Bonchev–Trinajstić information content (AvgIpc) is 2.39. The van der Waals surface area contributed by atoms with Crippen LogP contribution in [-0.2, 0) is 6.42 Å². The van der Waals surface area contributed by atoms with Crippen LogP contribution in [0, 0.1) is 0 Å². The zero-order chi connectivity index (χ0) is 13.0. The highest BCUT2D eigenvalue weighted by atomic mass is 79.9. The number of benzene rings is 2. The van der Waals surface area contributed by atoms with Gasteiger partial charge in [-0.3, -0.25) is 0 Å². The molecule has 0 aromatic heterocycles.